The summed E-state index contributed by atoms with van der Waals surface area (Å²) >= 11 is 1.37. The van der Waals surface area contributed by atoms with E-state index in [-0.39, 0.29) is 5.82 Å². The molecule has 94 valence electrons. The molecule has 0 aliphatic carbocycles. The average molecular weight is 263 g/mol. The van der Waals surface area contributed by atoms with E-state index in [9.17, 15) is 4.39 Å². The minimum absolute atomic E-state index is 0.377. The molecule has 0 spiro atoms. The van der Waals surface area contributed by atoms with Gasteiger partial charge in [0.05, 0.1) is 6.20 Å². The number of nitrogens with zero attached hydrogens (tertiary/aromatic N) is 2. The maximum Gasteiger partial charge on any atom is 0.223 e. The van der Waals surface area contributed by atoms with Gasteiger partial charge in [-0.1, -0.05) is 42.1 Å². The normalized spacial score (nSPS) is 10.3. The lowest BCUT2D eigenvalue weighted by Crippen LogP contribution is -2.03. The quantitative estimate of drug-likeness (QED) is 0.663. The second kappa shape index (κ2) is 6.35. The highest BCUT2D eigenvalue weighted by Crippen LogP contribution is 2.23. The molecule has 1 aromatic carbocycles. The Bertz CT molecular complexity index is 505. The number of hydrogen-bond acceptors (Lipinski definition) is 4. The van der Waals surface area contributed by atoms with Crippen LogP contribution >= 0.6 is 11.8 Å². The van der Waals surface area contributed by atoms with Crippen LogP contribution in [0.2, 0.25) is 0 Å². The molecular weight excluding hydrogens is 249 g/mol. The van der Waals surface area contributed by atoms with Gasteiger partial charge in [-0.3, -0.25) is 0 Å². The van der Waals surface area contributed by atoms with Gasteiger partial charge in [0.1, 0.15) is 5.03 Å². The Labute approximate surface area is 110 Å². The summed E-state index contributed by atoms with van der Waals surface area (Å²) in [5.74, 6) is 0.785. The Morgan fingerprint density at radius 1 is 1.28 bits per heavy atom. The summed E-state index contributed by atoms with van der Waals surface area (Å²) in [6.45, 7) is 2.66. The molecule has 0 fully saturated rings. The van der Waals surface area contributed by atoms with Gasteiger partial charge in [-0.2, -0.15) is 0 Å². The van der Waals surface area contributed by atoms with E-state index in [0.29, 0.717) is 23.3 Å². The number of aromatic nitrogens is 2. The fourth-order valence-electron chi connectivity index (χ4n) is 1.42. The van der Waals surface area contributed by atoms with Crippen molar-refractivity contribution in [1.29, 1.82) is 0 Å². The van der Waals surface area contributed by atoms with Crippen LogP contribution in [0.4, 0.5) is 10.3 Å². The molecule has 18 heavy (non-hydrogen) atoms. The molecule has 0 amide bonds. The van der Waals surface area contributed by atoms with Crippen LogP contribution in [-0.4, -0.2) is 16.5 Å². The van der Waals surface area contributed by atoms with Crippen LogP contribution in [0.3, 0.4) is 0 Å². The van der Waals surface area contributed by atoms with Crippen LogP contribution in [0.5, 0.6) is 0 Å². The summed E-state index contributed by atoms with van der Waals surface area (Å²) < 4.78 is 13.5. The average Bonchev–Trinajstić information content (AvgIpc) is 2.41. The number of nitrogens with one attached hydrogen (secondary N) is 1. The molecule has 0 aliphatic heterocycles. The Hall–Kier alpha value is -1.62. The summed E-state index contributed by atoms with van der Waals surface area (Å²) in [5.41, 5.74) is 1.14. The van der Waals surface area contributed by atoms with E-state index in [0.717, 1.165) is 5.56 Å². The second-order valence-electron chi connectivity index (χ2n) is 3.65. The predicted molar refractivity (Wildman–Crippen MR) is 72.2 cm³/mol. The van der Waals surface area contributed by atoms with Crippen molar-refractivity contribution in [2.24, 2.45) is 0 Å². The van der Waals surface area contributed by atoms with Crippen molar-refractivity contribution >= 4 is 17.7 Å². The van der Waals surface area contributed by atoms with Crippen LogP contribution in [0.25, 0.3) is 0 Å². The number of anilines is 1. The first-order chi connectivity index (χ1) is 8.79. The minimum atomic E-state index is -0.377. The largest absolute Gasteiger partial charge is 0.354 e. The maximum absolute atomic E-state index is 13.5. The van der Waals surface area contributed by atoms with Crippen molar-refractivity contribution in [2.75, 3.05) is 11.9 Å². The summed E-state index contributed by atoms with van der Waals surface area (Å²) in [5, 5.41) is 3.35. The number of hydrogen-bond donors (Lipinski definition) is 1. The van der Waals surface area contributed by atoms with E-state index in [4.69, 9.17) is 0 Å². The summed E-state index contributed by atoms with van der Waals surface area (Å²) in [4.78, 5) is 8.02. The third-order valence-electron chi connectivity index (χ3n) is 2.27. The molecule has 2 aromatic rings. The van der Waals surface area contributed by atoms with Crippen LogP contribution in [0.1, 0.15) is 12.5 Å². The standard InChI is InChI=1S/C13H14FN3S/c1-2-15-13-16-8-11(14)12(17-13)18-9-10-6-4-3-5-7-10/h3-8H,2,9H2,1H3,(H,15,16,17). The van der Waals surface area contributed by atoms with Crippen LogP contribution in [0, 0.1) is 5.82 Å². The first kappa shape index (κ1) is 12.8. The third-order valence-corrected chi connectivity index (χ3v) is 3.30. The van der Waals surface area contributed by atoms with E-state index in [1.165, 1.54) is 18.0 Å². The topological polar surface area (TPSA) is 37.8 Å². The van der Waals surface area contributed by atoms with Gasteiger partial charge in [-0.15, -0.1) is 0 Å². The molecule has 5 heteroatoms. The van der Waals surface area contributed by atoms with Gasteiger partial charge in [0.15, 0.2) is 5.82 Å². The number of thioether (sulfide) groups is 1. The predicted octanol–water partition coefficient (Wildman–Crippen LogP) is 3.34. The van der Waals surface area contributed by atoms with E-state index in [2.05, 4.69) is 15.3 Å². The Kier molecular flexibility index (Phi) is 4.52. The number of benzene rings is 1. The lowest BCUT2D eigenvalue weighted by atomic mass is 10.2. The highest BCUT2D eigenvalue weighted by molar-refractivity contribution is 7.98. The maximum atomic E-state index is 13.5. The van der Waals surface area contributed by atoms with Gasteiger partial charge < -0.3 is 5.32 Å². The monoisotopic (exact) mass is 263 g/mol. The summed E-state index contributed by atoms with van der Waals surface area (Å²) in [6.07, 6.45) is 1.21. The van der Waals surface area contributed by atoms with Gasteiger partial charge >= 0.3 is 0 Å². The SMILES string of the molecule is CCNc1ncc(F)c(SCc2ccccc2)n1. The summed E-state index contributed by atoms with van der Waals surface area (Å²) in [7, 11) is 0. The van der Waals surface area contributed by atoms with Crippen LogP contribution < -0.4 is 5.32 Å². The van der Waals surface area contributed by atoms with Gasteiger partial charge in [0, 0.05) is 12.3 Å². The van der Waals surface area contributed by atoms with E-state index >= 15 is 0 Å². The Balaban J connectivity index is 2.06. The highest BCUT2D eigenvalue weighted by Gasteiger charge is 2.07. The highest BCUT2D eigenvalue weighted by atomic mass is 32.2. The van der Waals surface area contributed by atoms with E-state index in [1.807, 2.05) is 37.3 Å². The molecule has 0 bridgehead atoms. The lowest BCUT2D eigenvalue weighted by molar-refractivity contribution is 0.580. The number of halogens is 1. The van der Waals surface area contributed by atoms with Gasteiger partial charge in [-0.05, 0) is 12.5 Å². The van der Waals surface area contributed by atoms with E-state index in [1.54, 1.807) is 0 Å². The van der Waals surface area contributed by atoms with Crippen molar-refractivity contribution in [3.8, 4) is 0 Å². The number of rotatable bonds is 5. The minimum Gasteiger partial charge on any atom is -0.354 e. The Morgan fingerprint density at radius 3 is 2.78 bits per heavy atom. The van der Waals surface area contributed by atoms with E-state index < -0.39 is 0 Å². The van der Waals surface area contributed by atoms with Crippen molar-refractivity contribution in [2.45, 2.75) is 17.7 Å². The molecule has 0 aliphatic rings. The van der Waals surface area contributed by atoms with Crippen molar-refractivity contribution in [3.05, 3.63) is 47.9 Å². The fourth-order valence-corrected chi connectivity index (χ4v) is 2.26. The summed E-state index contributed by atoms with van der Waals surface area (Å²) in [6, 6.07) is 9.92. The molecule has 1 N–H and O–H groups in total. The zero-order chi connectivity index (χ0) is 12.8. The first-order valence-electron chi connectivity index (χ1n) is 5.72. The molecule has 0 atom stereocenters. The molecule has 0 unspecified atom stereocenters. The smallest absolute Gasteiger partial charge is 0.223 e. The molecule has 1 aromatic heterocycles. The zero-order valence-corrected chi connectivity index (χ0v) is 10.9. The van der Waals surface area contributed by atoms with Gasteiger partial charge in [0.2, 0.25) is 5.95 Å². The van der Waals surface area contributed by atoms with Crippen LogP contribution in [0.15, 0.2) is 41.6 Å². The molecule has 2 rings (SSSR count). The molecule has 3 nitrogen and oxygen atoms in total. The van der Waals surface area contributed by atoms with Crippen molar-refractivity contribution in [1.82, 2.24) is 9.97 Å². The van der Waals surface area contributed by atoms with Crippen molar-refractivity contribution in [3.63, 3.8) is 0 Å². The zero-order valence-electron chi connectivity index (χ0n) is 10.1. The molecule has 0 saturated heterocycles. The molecule has 0 saturated carbocycles. The molecule has 0 radical (unpaired) electrons. The van der Waals surface area contributed by atoms with Crippen LogP contribution in [-0.2, 0) is 5.75 Å². The second-order valence-corrected chi connectivity index (χ2v) is 4.62. The fraction of sp³-hybridized carbons (Fsp3) is 0.231. The first-order valence-corrected chi connectivity index (χ1v) is 6.71. The Morgan fingerprint density at radius 2 is 2.06 bits per heavy atom. The molecular formula is C13H14FN3S. The molecule has 1 heterocycles. The van der Waals surface area contributed by atoms with Gasteiger partial charge in [0.25, 0.3) is 0 Å². The van der Waals surface area contributed by atoms with Gasteiger partial charge in [-0.25, -0.2) is 14.4 Å². The van der Waals surface area contributed by atoms with Crippen molar-refractivity contribution < 1.29 is 4.39 Å². The third kappa shape index (κ3) is 3.43. The lowest BCUT2D eigenvalue weighted by Gasteiger charge is -2.05.